The number of nitrogens with two attached hydrogens (primary N) is 1. The Balaban J connectivity index is 1.42. The fourth-order valence-corrected chi connectivity index (χ4v) is 6.08. The molecule has 0 aliphatic heterocycles. The van der Waals surface area contributed by atoms with E-state index in [4.69, 9.17) is 10.5 Å². The van der Waals surface area contributed by atoms with Gasteiger partial charge in [-0.05, 0) is 57.3 Å². The Hall–Kier alpha value is -0.610. The zero-order chi connectivity index (χ0) is 15.3. The van der Waals surface area contributed by atoms with Gasteiger partial charge in [0.05, 0.1) is 12.0 Å². The second-order valence-corrected chi connectivity index (χ2v) is 8.12. The maximum Gasteiger partial charge on any atom is 0.225 e. The highest BCUT2D eigenvalue weighted by molar-refractivity contribution is 5.81. The summed E-state index contributed by atoms with van der Waals surface area (Å²) in [6, 6.07) is 0.423. The van der Waals surface area contributed by atoms with Crippen molar-refractivity contribution in [2.75, 3.05) is 6.61 Å². The highest BCUT2D eigenvalue weighted by atomic mass is 16.5. The van der Waals surface area contributed by atoms with E-state index >= 15 is 0 Å². The van der Waals surface area contributed by atoms with Crippen LogP contribution >= 0.6 is 0 Å². The zero-order valence-electron chi connectivity index (χ0n) is 13.7. The number of hydrogen-bond acceptors (Lipinski definition) is 3. The first-order valence-electron chi connectivity index (χ1n) is 9.33. The number of fused-ring (bicyclic) bond motifs is 2. The van der Waals surface area contributed by atoms with E-state index in [0.29, 0.717) is 24.0 Å². The smallest absolute Gasteiger partial charge is 0.225 e. The minimum absolute atomic E-state index is 0.0725. The molecule has 4 aliphatic carbocycles. The molecule has 0 aromatic rings. The third kappa shape index (κ3) is 2.06. The Labute approximate surface area is 133 Å². The van der Waals surface area contributed by atoms with Crippen LogP contribution in [0.2, 0.25) is 0 Å². The molecule has 3 N–H and O–H groups in total. The van der Waals surface area contributed by atoms with E-state index < -0.39 is 0 Å². The first kappa shape index (κ1) is 14.9. The predicted molar refractivity (Wildman–Crippen MR) is 85.2 cm³/mol. The van der Waals surface area contributed by atoms with Crippen molar-refractivity contribution < 1.29 is 9.53 Å². The molecule has 4 heteroatoms. The van der Waals surface area contributed by atoms with E-state index in [1.165, 1.54) is 44.9 Å². The summed E-state index contributed by atoms with van der Waals surface area (Å²) in [5, 5.41) is 3.40. The Bertz CT molecular complexity index is 444. The summed E-state index contributed by atoms with van der Waals surface area (Å²) in [4.78, 5) is 12.8. The second-order valence-electron chi connectivity index (χ2n) is 8.12. The number of ether oxygens (including phenoxy) is 1. The Morgan fingerprint density at radius 2 is 1.95 bits per heavy atom. The molecule has 124 valence electrons. The van der Waals surface area contributed by atoms with Gasteiger partial charge in [0.15, 0.2) is 0 Å². The summed E-state index contributed by atoms with van der Waals surface area (Å²) in [5.74, 6) is 1.45. The highest BCUT2D eigenvalue weighted by Crippen LogP contribution is 2.55. The summed E-state index contributed by atoms with van der Waals surface area (Å²) >= 11 is 0. The van der Waals surface area contributed by atoms with E-state index in [0.717, 1.165) is 13.0 Å². The number of carbonyl (C=O) groups excluding carboxylic acids is 1. The minimum Gasteiger partial charge on any atom is -0.378 e. The predicted octanol–water partition coefficient (Wildman–Crippen LogP) is 2.21. The Morgan fingerprint density at radius 1 is 1.23 bits per heavy atom. The SMILES string of the molecule is CCOC1CC(NC(=O)C2C3CCC(C3)C2N)C12CCCC2. The lowest BCUT2D eigenvalue weighted by Gasteiger charge is -2.54. The molecule has 4 fully saturated rings. The van der Waals surface area contributed by atoms with Crippen molar-refractivity contribution in [3.8, 4) is 0 Å². The molecule has 1 spiro atoms. The molecule has 0 aromatic carbocycles. The van der Waals surface area contributed by atoms with Crippen molar-refractivity contribution in [1.82, 2.24) is 5.32 Å². The van der Waals surface area contributed by atoms with Gasteiger partial charge in [0.1, 0.15) is 0 Å². The van der Waals surface area contributed by atoms with Gasteiger partial charge in [-0.15, -0.1) is 0 Å². The molecule has 22 heavy (non-hydrogen) atoms. The van der Waals surface area contributed by atoms with Crippen LogP contribution in [0.1, 0.15) is 58.3 Å². The summed E-state index contributed by atoms with van der Waals surface area (Å²) in [6.45, 7) is 2.85. The topological polar surface area (TPSA) is 64.3 Å². The van der Waals surface area contributed by atoms with Gasteiger partial charge < -0.3 is 15.8 Å². The van der Waals surface area contributed by atoms with Gasteiger partial charge in [-0.2, -0.15) is 0 Å². The molecule has 4 saturated carbocycles. The second kappa shape index (κ2) is 5.48. The molecule has 6 unspecified atom stereocenters. The van der Waals surface area contributed by atoms with Gasteiger partial charge >= 0.3 is 0 Å². The standard InChI is InChI=1S/C18H30N2O2/c1-2-22-14-10-13(18(14)7-3-4-8-18)20-17(21)15-11-5-6-12(9-11)16(15)19/h11-16H,2-10,19H2,1H3,(H,20,21). The fraction of sp³-hybridized carbons (Fsp3) is 0.944. The quantitative estimate of drug-likeness (QED) is 0.837. The number of nitrogens with one attached hydrogen (secondary N) is 1. The molecule has 4 nitrogen and oxygen atoms in total. The molecular formula is C18H30N2O2. The molecule has 6 atom stereocenters. The lowest BCUT2D eigenvalue weighted by Crippen LogP contribution is -2.65. The average Bonchev–Trinajstić information content (AvgIpc) is 3.22. The summed E-state index contributed by atoms with van der Waals surface area (Å²) < 4.78 is 5.95. The van der Waals surface area contributed by atoms with Crippen LogP contribution in [-0.2, 0) is 9.53 Å². The van der Waals surface area contributed by atoms with E-state index in [9.17, 15) is 4.79 Å². The molecule has 0 heterocycles. The zero-order valence-corrected chi connectivity index (χ0v) is 13.7. The third-order valence-electron chi connectivity index (χ3n) is 7.29. The van der Waals surface area contributed by atoms with Crippen LogP contribution in [-0.4, -0.2) is 30.7 Å². The summed E-state index contributed by atoms with van der Waals surface area (Å²) in [7, 11) is 0. The summed E-state index contributed by atoms with van der Waals surface area (Å²) in [5.41, 5.74) is 6.56. The van der Waals surface area contributed by atoms with Crippen molar-refractivity contribution in [3.05, 3.63) is 0 Å². The Kier molecular flexibility index (Phi) is 3.73. The van der Waals surface area contributed by atoms with Gasteiger partial charge in [-0.3, -0.25) is 4.79 Å². The number of amides is 1. The van der Waals surface area contributed by atoms with Crippen LogP contribution in [0.15, 0.2) is 0 Å². The van der Waals surface area contributed by atoms with Crippen LogP contribution in [0.25, 0.3) is 0 Å². The van der Waals surface area contributed by atoms with E-state index in [2.05, 4.69) is 12.2 Å². The van der Waals surface area contributed by atoms with Crippen molar-refractivity contribution in [2.45, 2.75) is 76.5 Å². The number of hydrogen-bond donors (Lipinski definition) is 2. The van der Waals surface area contributed by atoms with Crippen molar-refractivity contribution in [1.29, 1.82) is 0 Å². The van der Waals surface area contributed by atoms with Gasteiger partial charge in [0.2, 0.25) is 5.91 Å². The molecule has 0 aromatic heterocycles. The Morgan fingerprint density at radius 3 is 2.59 bits per heavy atom. The van der Waals surface area contributed by atoms with Crippen LogP contribution in [0.3, 0.4) is 0 Å². The van der Waals surface area contributed by atoms with Crippen LogP contribution in [0, 0.1) is 23.2 Å². The molecule has 0 saturated heterocycles. The molecule has 0 radical (unpaired) electrons. The van der Waals surface area contributed by atoms with Crippen LogP contribution in [0.5, 0.6) is 0 Å². The maximum atomic E-state index is 12.8. The van der Waals surface area contributed by atoms with E-state index in [-0.39, 0.29) is 23.3 Å². The maximum absolute atomic E-state index is 12.8. The number of carbonyl (C=O) groups is 1. The fourth-order valence-electron chi connectivity index (χ4n) is 6.08. The van der Waals surface area contributed by atoms with Crippen molar-refractivity contribution >= 4 is 5.91 Å². The van der Waals surface area contributed by atoms with Crippen molar-refractivity contribution in [3.63, 3.8) is 0 Å². The highest BCUT2D eigenvalue weighted by Gasteiger charge is 2.58. The van der Waals surface area contributed by atoms with Gasteiger partial charge in [-0.1, -0.05) is 12.8 Å². The van der Waals surface area contributed by atoms with Gasteiger partial charge in [0, 0.05) is 24.1 Å². The van der Waals surface area contributed by atoms with Gasteiger partial charge in [0.25, 0.3) is 0 Å². The molecule has 2 bridgehead atoms. The average molecular weight is 306 g/mol. The number of rotatable bonds is 4. The largest absolute Gasteiger partial charge is 0.378 e. The first-order valence-corrected chi connectivity index (χ1v) is 9.33. The van der Waals surface area contributed by atoms with E-state index in [1.54, 1.807) is 0 Å². The molecule has 4 rings (SSSR count). The van der Waals surface area contributed by atoms with Gasteiger partial charge in [-0.25, -0.2) is 0 Å². The van der Waals surface area contributed by atoms with Crippen LogP contribution in [0.4, 0.5) is 0 Å². The van der Waals surface area contributed by atoms with Crippen LogP contribution < -0.4 is 11.1 Å². The molecule has 1 amide bonds. The van der Waals surface area contributed by atoms with E-state index in [1.807, 2.05) is 0 Å². The third-order valence-corrected chi connectivity index (χ3v) is 7.29. The molecular weight excluding hydrogens is 276 g/mol. The first-order chi connectivity index (χ1) is 10.7. The van der Waals surface area contributed by atoms with Crippen molar-refractivity contribution in [2.24, 2.45) is 28.9 Å². The minimum atomic E-state index is 0.0725. The normalized spacial score (nSPS) is 45.2. The monoisotopic (exact) mass is 306 g/mol. The lowest BCUT2D eigenvalue weighted by atomic mass is 9.60. The summed E-state index contributed by atoms with van der Waals surface area (Å²) in [6.07, 6.45) is 9.96. The molecule has 4 aliphatic rings. The lowest BCUT2D eigenvalue weighted by molar-refractivity contribution is -0.147.